The van der Waals surface area contributed by atoms with Crippen LogP contribution in [0.15, 0.2) is 40.9 Å². The number of hydrogen-bond acceptors (Lipinski definition) is 3. The van der Waals surface area contributed by atoms with Crippen LogP contribution in [0.4, 0.5) is 15.8 Å². The van der Waals surface area contributed by atoms with Gasteiger partial charge in [-0.05, 0) is 46.3 Å². The number of rotatable bonds is 3. The monoisotopic (exact) mass is 352 g/mol. The number of nitrogen functional groups attached to an aromatic ring is 1. The first-order chi connectivity index (χ1) is 9.90. The number of nitrogens with two attached hydrogens (primary N) is 1. The minimum atomic E-state index is -1.08. The van der Waals surface area contributed by atoms with Gasteiger partial charge in [0.05, 0.1) is 22.5 Å². The van der Waals surface area contributed by atoms with Crippen LogP contribution in [-0.4, -0.2) is 17.0 Å². The van der Waals surface area contributed by atoms with Crippen LogP contribution in [0.1, 0.15) is 20.7 Å². The number of para-hydroxylation sites is 1. The van der Waals surface area contributed by atoms with Crippen LogP contribution in [-0.2, 0) is 0 Å². The van der Waals surface area contributed by atoms with Gasteiger partial charge in [0, 0.05) is 4.47 Å². The van der Waals surface area contributed by atoms with E-state index in [1.807, 2.05) is 0 Å². The van der Waals surface area contributed by atoms with Gasteiger partial charge in [-0.2, -0.15) is 0 Å². The van der Waals surface area contributed by atoms with Crippen molar-refractivity contribution in [1.82, 2.24) is 0 Å². The SMILES string of the molecule is Nc1c(F)cccc1C(=O)Nc1ccc(C(=O)O)cc1Br. The van der Waals surface area contributed by atoms with Gasteiger partial charge in [0.1, 0.15) is 5.82 Å². The molecule has 2 aromatic carbocycles. The van der Waals surface area contributed by atoms with Gasteiger partial charge in [0.25, 0.3) is 5.91 Å². The molecule has 0 aliphatic carbocycles. The van der Waals surface area contributed by atoms with Crippen molar-refractivity contribution in [1.29, 1.82) is 0 Å². The van der Waals surface area contributed by atoms with Gasteiger partial charge in [-0.25, -0.2) is 9.18 Å². The quantitative estimate of drug-likeness (QED) is 0.740. The average molecular weight is 353 g/mol. The van der Waals surface area contributed by atoms with E-state index >= 15 is 0 Å². The molecular weight excluding hydrogens is 343 g/mol. The van der Waals surface area contributed by atoms with Crippen molar-refractivity contribution in [2.75, 3.05) is 11.1 Å². The molecule has 2 rings (SSSR count). The fraction of sp³-hybridized carbons (Fsp3) is 0. The smallest absolute Gasteiger partial charge is 0.335 e. The maximum Gasteiger partial charge on any atom is 0.335 e. The van der Waals surface area contributed by atoms with Gasteiger partial charge < -0.3 is 16.2 Å². The second-order valence-electron chi connectivity index (χ2n) is 4.15. The number of carboxylic acids is 1. The minimum Gasteiger partial charge on any atom is -0.478 e. The number of carbonyl (C=O) groups is 2. The van der Waals surface area contributed by atoms with Crippen molar-refractivity contribution >= 4 is 39.2 Å². The Morgan fingerprint density at radius 3 is 2.57 bits per heavy atom. The first-order valence-corrected chi connectivity index (χ1v) is 6.57. The lowest BCUT2D eigenvalue weighted by Gasteiger charge is -2.10. The zero-order valence-corrected chi connectivity index (χ0v) is 12.1. The molecule has 5 nitrogen and oxygen atoms in total. The molecule has 4 N–H and O–H groups in total. The Labute approximate surface area is 127 Å². The maximum atomic E-state index is 13.3. The van der Waals surface area contributed by atoms with Crippen LogP contribution in [0.3, 0.4) is 0 Å². The molecule has 0 bridgehead atoms. The normalized spacial score (nSPS) is 10.2. The Morgan fingerprint density at radius 2 is 1.95 bits per heavy atom. The number of anilines is 2. The molecule has 7 heteroatoms. The Balaban J connectivity index is 2.28. The van der Waals surface area contributed by atoms with Crippen LogP contribution in [0.5, 0.6) is 0 Å². The molecular formula is C14H10BrFN2O3. The summed E-state index contributed by atoms with van der Waals surface area (Å²) < 4.78 is 13.7. The zero-order valence-electron chi connectivity index (χ0n) is 10.6. The molecule has 2 aromatic rings. The first-order valence-electron chi connectivity index (χ1n) is 5.78. The van der Waals surface area contributed by atoms with E-state index in [4.69, 9.17) is 10.8 Å². The number of halogens is 2. The van der Waals surface area contributed by atoms with Crippen molar-refractivity contribution in [2.24, 2.45) is 0 Å². The summed E-state index contributed by atoms with van der Waals surface area (Å²) in [6.07, 6.45) is 0. The van der Waals surface area contributed by atoms with E-state index in [0.29, 0.717) is 10.2 Å². The summed E-state index contributed by atoms with van der Waals surface area (Å²) in [5.41, 5.74) is 5.70. The highest BCUT2D eigenvalue weighted by atomic mass is 79.9. The zero-order chi connectivity index (χ0) is 15.6. The molecule has 0 aliphatic rings. The highest BCUT2D eigenvalue weighted by Gasteiger charge is 2.14. The molecule has 0 saturated carbocycles. The third-order valence-corrected chi connectivity index (χ3v) is 3.42. The van der Waals surface area contributed by atoms with E-state index < -0.39 is 17.7 Å². The minimum absolute atomic E-state index is 0.00390. The predicted octanol–water partition coefficient (Wildman–Crippen LogP) is 3.12. The molecule has 0 aliphatic heterocycles. The summed E-state index contributed by atoms with van der Waals surface area (Å²) in [4.78, 5) is 22.9. The van der Waals surface area contributed by atoms with E-state index in [2.05, 4.69) is 21.2 Å². The van der Waals surface area contributed by atoms with Gasteiger partial charge >= 0.3 is 5.97 Å². The van der Waals surface area contributed by atoms with Gasteiger partial charge in [0.2, 0.25) is 0 Å². The van der Waals surface area contributed by atoms with Crippen molar-refractivity contribution in [3.8, 4) is 0 Å². The highest BCUT2D eigenvalue weighted by molar-refractivity contribution is 9.10. The number of nitrogens with one attached hydrogen (secondary N) is 1. The standard InChI is InChI=1S/C14H10BrFN2O3/c15-9-6-7(14(20)21)4-5-11(9)18-13(19)8-2-1-3-10(16)12(8)17/h1-6H,17H2,(H,18,19)(H,20,21). The van der Waals surface area contributed by atoms with E-state index in [9.17, 15) is 14.0 Å². The molecule has 0 aromatic heterocycles. The van der Waals surface area contributed by atoms with Crippen molar-refractivity contribution in [2.45, 2.75) is 0 Å². The number of aromatic carboxylic acids is 1. The largest absolute Gasteiger partial charge is 0.478 e. The molecule has 0 unspecified atom stereocenters. The molecule has 0 heterocycles. The summed E-state index contributed by atoms with van der Waals surface area (Å²) >= 11 is 3.17. The van der Waals surface area contributed by atoms with E-state index in [1.54, 1.807) is 0 Å². The maximum absolute atomic E-state index is 13.3. The average Bonchev–Trinajstić information content (AvgIpc) is 2.43. The van der Waals surface area contributed by atoms with Gasteiger partial charge in [0.15, 0.2) is 0 Å². The fourth-order valence-electron chi connectivity index (χ4n) is 1.67. The van der Waals surface area contributed by atoms with Crippen LogP contribution in [0.2, 0.25) is 0 Å². The first kappa shape index (κ1) is 15.0. The van der Waals surface area contributed by atoms with Crippen LogP contribution < -0.4 is 11.1 Å². The Hall–Kier alpha value is -2.41. The van der Waals surface area contributed by atoms with E-state index in [0.717, 1.165) is 6.07 Å². The molecule has 108 valence electrons. The van der Waals surface area contributed by atoms with Crippen LogP contribution in [0.25, 0.3) is 0 Å². The van der Waals surface area contributed by atoms with Crippen molar-refractivity contribution in [3.63, 3.8) is 0 Å². The summed E-state index contributed by atoms with van der Waals surface area (Å²) in [5.74, 6) is -2.35. The lowest BCUT2D eigenvalue weighted by molar-refractivity contribution is 0.0696. The summed E-state index contributed by atoms with van der Waals surface area (Å²) in [6, 6.07) is 8.06. The third-order valence-electron chi connectivity index (χ3n) is 2.76. The Bertz CT molecular complexity index is 734. The molecule has 0 spiro atoms. The molecule has 0 atom stereocenters. The molecule has 0 fully saturated rings. The van der Waals surface area contributed by atoms with E-state index in [-0.39, 0.29) is 16.8 Å². The highest BCUT2D eigenvalue weighted by Crippen LogP contribution is 2.25. The van der Waals surface area contributed by atoms with Gasteiger partial charge in [-0.15, -0.1) is 0 Å². The van der Waals surface area contributed by atoms with Crippen molar-refractivity contribution in [3.05, 3.63) is 57.8 Å². The molecule has 1 amide bonds. The second-order valence-corrected chi connectivity index (χ2v) is 5.01. The Morgan fingerprint density at radius 1 is 1.24 bits per heavy atom. The van der Waals surface area contributed by atoms with Crippen molar-refractivity contribution < 1.29 is 19.1 Å². The molecule has 0 radical (unpaired) electrons. The second kappa shape index (κ2) is 5.92. The third kappa shape index (κ3) is 3.19. The Kier molecular flexibility index (Phi) is 4.23. The van der Waals surface area contributed by atoms with Gasteiger partial charge in [-0.3, -0.25) is 4.79 Å². The summed E-state index contributed by atoms with van der Waals surface area (Å²) in [7, 11) is 0. The summed E-state index contributed by atoms with van der Waals surface area (Å²) in [5, 5.41) is 11.4. The fourth-order valence-corrected chi connectivity index (χ4v) is 2.15. The number of hydrogen-bond donors (Lipinski definition) is 3. The van der Waals surface area contributed by atoms with Gasteiger partial charge in [-0.1, -0.05) is 6.07 Å². The lowest BCUT2D eigenvalue weighted by atomic mass is 10.1. The number of carboxylic acid groups (broad SMARTS) is 1. The predicted molar refractivity (Wildman–Crippen MR) is 79.9 cm³/mol. The van der Waals surface area contributed by atoms with Crippen LogP contribution >= 0.6 is 15.9 Å². The summed E-state index contributed by atoms with van der Waals surface area (Å²) in [6.45, 7) is 0. The number of amides is 1. The molecule has 0 saturated heterocycles. The molecule has 21 heavy (non-hydrogen) atoms. The van der Waals surface area contributed by atoms with Crippen LogP contribution in [0, 0.1) is 5.82 Å². The van der Waals surface area contributed by atoms with E-state index in [1.165, 1.54) is 30.3 Å². The lowest BCUT2D eigenvalue weighted by Crippen LogP contribution is -2.15. The topological polar surface area (TPSA) is 92.4 Å². The number of benzene rings is 2. The number of carbonyl (C=O) groups excluding carboxylic acids is 1.